The lowest BCUT2D eigenvalue weighted by Crippen LogP contribution is -2.45. The van der Waals surface area contributed by atoms with E-state index in [-0.39, 0.29) is 18.3 Å². The van der Waals surface area contributed by atoms with Crippen LogP contribution in [-0.2, 0) is 9.47 Å². The Morgan fingerprint density at radius 2 is 1.86 bits per heavy atom. The van der Waals surface area contributed by atoms with Crippen LogP contribution in [0.25, 0.3) is 0 Å². The van der Waals surface area contributed by atoms with Crippen LogP contribution in [0.4, 0.5) is 0 Å². The number of rotatable bonds is 12. The van der Waals surface area contributed by atoms with Crippen molar-refractivity contribution in [3.05, 3.63) is 7.11 Å². The van der Waals surface area contributed by atoms with E-state index in [1.807, 2.05) is 0 Å². The molecule has 0 aliphatic carbocycles. The third-order valence-corrected chi connectivity index (χ3v) is 4.96. The zero-order chi connectivity index (χ0) is 15.7. The van der Waals surface area contributed by atoms with Crippen molar-refractivity contribution >= 4 is 0 Å². The number of aliphatic hydroxyl groups excluding tert-OH is 1. The van der Waals surface area contributed by atoms with Crippen LogP contribution in [0, 0.1) is 18.9 Å². The second-order valence-electron chi connectivity index (χ2n) is 6.86. The average Bonchev–Trinajstić information content (AvgIpc) is 2.42. The molecular weight excluding hydrogens is 264 g/mol. The lowest BCUT2D eigenvalue weighted by Gasteiger charge is -2.32. The Kier molecular flexibility index (Phi) is 9.37. The van der Waals surface area contributed by atoms with Gasteiger partial charge in [0.25, 0.3) is 0 Å². The second kappa shape index (κ2) is 10.5. The quantitative estimate of drug-likeness (QED) is 0.430. The first-order chi connectivity index (χ1) is 10.1. The van der Waals surface area contributed by atoms with Gasteiger partial charge in [0.1, 0.15) is 0 Å². The van der Waals surface area contributed by atoms with E-state index < -0.39 is 0 Å². The Morgan fingerprint density at radius 1 is 1.19 bits per heavy atom. The maximum absolute atomic E-state index is 10.0. The molecule has 0 amide bonds. The van der Waals surface area contributed by atoms with Gasteiger partial charge in [-0.05, 0) is 37.5 Å². The van der Waals surface area contributed by atoms with Crippen LogP contribution < -0.4 is 0 Å². The van der Waals surface area contributed by atoms with Crippen LogP contribution in [-0.4, -0.2) is 30.0 Å². The van der Waals surface area contributed by atoms with Gasteiger partial charge in [-0.2, -0.15) is 4.74 Å². The summed E-state index contributed by atoms with van der Waals surface area (Å²) in [5.74, 6) is 1.63. The lowest BCUT2D eigenvalue weighted by atomic mass is 9.88. The van der Waals surface area contributed by atoms with Gasteiger partial charge in [0.05, 0.1) is 18.8 Å². The molecule has 0 bridgehead atoms. The van der Waals surface area contributed by atoms with Gasteiger partial charge in [0.15, 0.2) is 6.10 Å². The van der Waals surface area contributed by atoms with Crippen molar-refractivity contribution in [2.24, 2.45) is 11.8 Å². The van der Waals surface area contributed by atoms with E-state index >= 15 is 0 Å². The van der Waals surface area contributed by atoms with E-state index in [9.17, 15) is 5.11 Å². The zero-order valence-corrected chi connectivity index (χ0v) is 14.2. The molecule has 1 N–H and O–H groups in total. The minimum atomic E-state index is -0.150. The predicted octanol–water partition coefficient (Wildman–Crippen LogP) is 4.34. The van der Waals surface area contributed by atoms with E-state index in [1.54, 1.807) is 0 Å². The molecule has 4 unspecified atom stereocenters. The van der Waals surface area contributed by atoms with Crippen LogP contribution >= 0.6 is 0 Å². The highest BCUT2D eigenvalue weighted by molar-refractivity contribution is 4.79. The van der Waals surface area contributed by atoms with Crippen molar-refractivity contribution in [2.75, 3.05) is 6.61 Å². The van der Waals surface area contributed by atoms with E-state index in [1.165, 1.54) is 19.3 Å². The van der Waals surface area contributed by atoms with Crippen molar-refractivity contribution in [3.63, 3.8) is 0 Å². The van der Waals surface area contributed by atoms with E-state index in [2.05, 4.69) is 27.9 Å². The first-order valence-electron chi connectivity index (χ1n) is 8.78. The number of hydrogen-bond donors (Lipinski definition) is 1. The average molecular weight is 299 g/mol. The summed E-state index contributed by atoms with van der Waals surface area (Å²) in [6.07, 6.45) is 9.00. The van der Waals surface area contributed by atoms with Gasteiger partial charge in [-0.3, -0.25) is 0 Å². The molecule has 21 heavy (non-hydrogen) atoms. The standard InChI is InChI=1S/C18H35O3/c1-5-15(14(2)3)9-6-7-10-16(19)11-8-12-17-18(20-4)13-21-17/h14-19H,4-13H2,1-3H3/q+1. The second-order valence-corrected chi connectivity index (χ2v) is 6.86. The molecule has 124 valence electrons. The molecule has 1 fully saturated rings. The summed E-state index contributed by atoms with van der Waals surface area (Å²) in [7, 11) is 3.46. The third kappa shape index (κ3) is 7.03. The molecule has 0 radical (unpaired) electrons. The lowest BCUT2D eigenvalue weighted by molar-refractivity contribution is -0.170. The fourth-order valence-corrected chi connectivity index (χ4v) is 3.23. The fraction of sp³-hybridized carbons (Fsp3) is 0.944. The Morgan fingerprint density at radius 3 is 2.38 bits per heavy atom. The third-order valence-electron chi connectivity index (χ3n) is 4.96. The first kappa shape index (κ1) is 18.8. The molecule has 1 saturated heterocycles. The van der Waals surface area contributed by atoms with Crippen LogP contribution in [0.3, 0.4) is 0 Å². The summed E-state index contributed by atoms with van der Waals surface area (Å²) in [5.41, 5.74) is 0. The van der Waals surface area contributed by atoms with E-state index in [0.717, 1.165) is 43.9 Å². The number of aliphatic hydroxyl groups is 1. The molecular formula is C18H35O3+. The molecule has 0 spiro atoms. The van der Waals surface area contributed by atoms with Crippen LogP contribution in [0.1, 0.15) is 72.1 Å². The molecule has 0 aromatic rings. The summed E-state index contributed by atoms with van der Waals surface area (Å²) in [5, 5.41) is 10.0. The van der Waals surface area contributed by atoms with Crippen molar-refractivity contribution < 1.29 is 14.6 Å². The molecule has 1 aliphatic heterocycles. The minimum Gasteiger partial charge on any atom is -0.393 e. The number of unbranched alkanes of at least 4 members (excludes halogenated alkanes) is 1. The van der Waals surface area contributed by atoms with Gasteiger partial charge in [0.2, 0.25) is 7.11 Å². The van der Waals surface area contributed by atoms with Crippen LogP contribution in [0.15, 0.2) is 0 Å². The fourth-order valence-electron chi connectivity index (χ4n) is 3.23. The Hall–Kier alpha value is -0.250. The number of hydrogen-bond acceptors (Lipinski definition) is 3. The molecule has 0 aromatic carbocycles. The van der Waals surface area contributed by atoms with Crippen LogP contribution in [0.5, 0.6) is 0 Å². The van der Waals surface area contributed by atoms with Crippen molar-refractivity contribution in [1.82, 2.24) is 0 Å². The van der Waals surface area contributed by atoms with Gasteiger partial charge in [0, 0.05) is 0 Å². The zero-order valence-electron chi connectivity index (χ0n) is 14.2. The SMILES string of the molecule is [CH2+]OC1COC1CCCC(O)CCCCC(CC)C(C)C. The highest BCUT2D eigenvalue weighted by Gasteiger charge is 2.34. The monoisotopic (exact) mass is 299 g/mol. The topological polar surface area (TPSA) is 38.7 Å². The summed E-state index contributed by atoms with van der Waals surface area (Å²) in [6, 6.07) is 0. The Balaban J connectivity index is 1.97. The highest BCUT2D eigenvalue weighted by Crippen LogP contribution is 2.24. The molecule has 4 atom stereocenters. The van der Waals surface area contributed by atoms with Crippen molar-refractivity contribution in [1.29, 1.82) is 0 Å². The van der Waals surface area contributed by atoms with Crippen LogP contribution in [0.2, 0.25) is 0 Å². The van der Waals surface area contributed by atoms with Gasteiger partial charge < -0.3 is 9.84 Å². The van der Waals surface area contributed by atoms with E-state index in [0.29, 0.717) is 6.61 Å². The minimum absolute atomic E-state index is 0.150. The summed E-state index contributed by atoms with van der Waals surface area (Å²) in [6.45, 7) is 7.58. The molecule has 1 aliphatic rings. The molecule has 3 nitrogen and oxygen atoms in total. The highest BCUT2D eigenvalue weighted by atomic mass is 16.6. The van der Waals surface area contributed by atoms with Crippen molar-refractivity contribution in [3.8, 4) is 0 Å². The molecule has 1 heterocycles. The molecule has 1 rings (SSSR count). The first-order valence-corrected chi connectivity index (χ1v) is 8.78. The smallest absolute Gasteiger partial charge is 0.213 e. The summed E-state index contributed by atoms with van der Waals surface area (Å²) in [4.78, 5) is 0. The largest absolute Gasteiger partial charge is 0.393 e. The Bertz CT molecular complexity index is 253. The Labute approximate surface area is 131 Å². The van der Waals surface area contributed by atoms with Crippen molar-refractivity contribution in [2.45, 2.75) is 90.4 Å². The summed E-state index contributed by atoms with van der Waals surface area (Å²) < 4.78 is 10.5. The van der Waals surface area contributed by atoms with Gasteiger partial charge >= 0.3 is 0 Å². The summed E-state index contributed by atoms with van der Waals surface area (Å²) >= 11 is 0. The van der Waals surface area contributed by atoms with Gasteiger partial charge in [-0.15, -0.1) is 0 Å². The molecule has 3 heteroatoms. The predicted molar refractivity (Wildman–Crippen MR) is 86.9 cm³/mol. The number of ether oxygens (including phenoxy) is 2. The molecule has 0 saturated carbocycles. The molecule has 0 aromatic heterocycles. The maximum Gasteiger partial charge on any atom is 0.213 e. The normalized spacial score (nSPS) is 24.8. The van der Waals surface area contributed by atoms with Gasteiger partial charge in [-0.1, -0.05) is 46.5 Å². The van der Waals surface area contributed by atoms with Gasteiger partial charge in [-0.25, -0.2) is 0 Å². The maximum atomic E-state index is 10.0. The van der Waals surface area contributed by atoms with E-state index in [4.69, 9.17) is 9.47 Å².